The third kappa shape index (κ3) is 2.41. The van der Waals surface area contributed by atoms with E-state index in [4.69, 9.17) is 21.9 Å². The summed E-state index contributed by atoms with van der Waals surface area (Å²) in [5.41, 5.74) is 6.23. The van der Waals surface area contributed by atoms with E-state index >= 15 is 0 Å². The van der Waals surface area contributed by atoms with Gasteiger partial charge in [0.25, 0.3) is 5.91 Å². The molecule has 82 valence electrons. The smallest absolute Gasteiger partial charge is 0.270 e. The second kappa shape index (κ2) is 4.37. The van der Waals surface area contributed by atoms with Gasteiger partial charge in [-0.2, -0.15) is 0 Å². The molecule has 0 unspecified atom stereocenters. The summed E-state index contributed by atoms with van der Waals surface area (Å²) in [7, 11) is 0. The van der Waals surface area contributed by atoms with Gasteiger partial charge in [0.1, 0.15) is 5.76 Å². The Balaban J connectivity index is 2.14. The van der Waals surface area contributed by atoms with Gasteiger partial charge in [0.15, 0.2) is 5.69 Å². The second-order valence-corrected chi connectivity index (χ2v) is 3.78. The molecule has 5 heteroatoms. The van der Waals surface area contributed by atoms with Gasteiger partial charge >= 0.3 is 0 Å². The molecular weight excluding hydrogens is 228 g/mol. The van der Waals surface area contributed by atoms with Crippen LogP contribution in [0.2, 0.25) is 5.02 Å². The van der Waals surface area contributed by atoms with E-state index in [1.165, 1.54) is 6.07 Å². The normalized spacial score (nSPS) is 10.3. The Bertz CT molecular complexity index is 505. The van der Waals surface area contributed by atoms with Gasteiger partial charge in [-0.25, -0.2) is 0 Å². The highest BCUT2D eigenvalue weighted by Crippen LogP contribution is 2.14. The summed E-state index contributed by atoms with van der Waals surface area (Å²) in [5.74, 6) is 0.00206. The lowest BCUT2D eigenvalue weighted by Gasteiger charge is -1.96. The average Bonchev–Trinajstić information content (AvgIpc) is 2.70. The Morgan fingerprint density at radius 3 is 2.62 bits per heavy atom. The predicted molar refractivity (Wildman–Crippen MR) is 59.3 cm³/mol. The Morgan fingerprint density at radius 1 is 1.38 bits per heavy atom. The molecule has 2 aromatic rings. The van der Waals surface area contributed by atoms with Crippen LogP contribution in [0.15, 0.2) is 34.9 Å². The van der Waals surface area contributed by atoms with E-state index in [1.54, 1.807) is 12.1 Å². The number of amides is 1. The van der Waals surface area contributed by atoms with Crippen LogP contribution in [0.5, 0.6) is 0 Å². The summed E-state index contributed by atoms with van der Waals surface area (Å²) in [5, 5.41) is 4.23. The Labute approximate surface area is 97.0 Å². The fraction of sp³-hybridized carbons (Fsp3) is 0.0909. The minimum atomic E-state index is -0.592. The average molecular weight is 237 g/mol. The number of aromatic nitrogens is 1. The molecule has 16 heavy (non-hydrogen) atoms. The summed E-state index contributed by atoms with van der Waals surface area (Å²) in [4.78, 5) is 10.8. The summed E-state index contributed by atoms with van der Waals surface area (Å²) < 4.78 is 4.98. The molecule has 1 amide bonds. The highest BCUT2D eigenvalue weighted by molar-refractivity contribution is 6.30. The van der Waals surface area contributed by atoms with Crippen molar-refractivity contribution in [2.45, 2.75) is 6.42 Å². The van der Waals surface area contributed by atoms with E-state index in [0.717, 1.165) is 5.56 Å². The van der Waals surface area contributed by atoms with Gasteiger partial charge in [-0.1, -0.05) is 28.9 Å². The van der Waals surface area contributed by atoms with Gasteiger partial charge in [0.2, 0.25) is 0 Å². The van der Waals surface area contributed by atoms with Crippen molar-refractivity contribution in [1.29, 1.82) is 0 Å². The molecule has 1 aromatic heterocycles. The van der Waals surface area contributed by atoms with Gasteiger partial charge in [0.05, 0.1) is 0 Å². The number of carbonyl (C=O) groups excluding carboxylic acids is 1. The highest BCUT2D eigenvalue weighted by Gasteiger charge is 2.09. The molecule has 1 heterocycles. The van der Waals surface area contributed by atoms with E-state index in [1.807, 2.05) is 12.1 Å². The lowest BCUT2D eigenvalue weighted by atomic mass is 10.1. The molecule has 1 aromatic carbocycles. The number of primary amides is 1. The molecule has 0 saturated heterocycles. The lowest BCUT2D eigenvalue weighted by molar-refractivity contribution is 0.0991. The number of rotatable bonds is 3. The van der Waals surface area contributed by atoms with E-state index in [0.29, 0.717) is 17.2 Å². The third-order valence-corrected chi connectivity index (χ3v) is 2.35. The predicted octanol–water partition coefficient (Wildman–Crippen LogP) is 2.02. The van der Waals surface area contributed by atoms with Crippen LogP contribution in [-0.4, -0.2) is 11.1 Å². The second-order valence-electron chi connectivity index (χ2n) is 3.35. The molecule has 2 rings (SSSR count). The molecule has 0 fully saturated rings. The van der Waals surface area contributed by atoms with Gasteiger partial charge in [-0.05, 0) is 17.7 Å². The van der Waals surface area contributed by atoms with Crippen LogP contribution in [0.3, 0.4) is 0 Å². The molecule has 4 nitrogen and oxygen atoms in total. The first kappa shape index (κ1) is 10.7. The Hall–Kier alpha value is -1.81. The monoisotopic (exact) mass is 236 g/mol. The van der Waals surface area contributed by atoms with Crippen LogP contribution in [0.25, 0.3) is 0 Å². The van der Waals surface area contributed by atoms with E-state index in [2.05, 4.69) is 5.16 Å². The van der Waals surface area contributed by atoms with E-state index in [9.17, 15) is 4.79 Å². The van der Waals surface area contributed by atoms with Crippen LogP contribution in [0.1, 0.15) is 21.8 Å². The Morgan fingerprint density at radius 2 is 2.06 bits per heavy atom. The zero-order valence-electron chi connectivity index (χ0n) is 8.31. The molecule has 0 aliphatic carbocycles. The maximum absolute atomic E-state index is 10.8. The fourth-order valence-electron chi connectivity index (χ4n) is 1.32. The van der Waals surface area contributed by atoms with Gasteiger partial charge in [-0.15, -0.1) is 0 Å². The SMILES string of the molecule is NC(=O)c1cc(Cc2ccc(Cl)cc2)on1. The summed E-state index contributed by atoms with van der Waals surface area (Å²) in [6.45, 7) is 0. The highest BCUT2D eigenvalue weighted by atomic mass is 35.5. The summed E-state index contributed by atoms with van der Waals surface area (Å²) in [6, 6.07) is 8.89. The topological polar surface area (TPSA) is 69.1 Å². The van der Waals surface area contributed by atoms with Crippen molar-refractivity contribution in [3.63, 3.8) is 0 Å². The standard InChI is InChI=1S/C11H9ClN2O2/c12-8-3-1-7(2-4-8)5-9-6-10(11(13)15)14-16-9/h1-4,6H,5H2,(H2,13,15). The largest absolute Gasteiger partial charge is 0.364 e. The van der Waals surface area contributed by atoms with Gasteiger partial charge < -0.3 is 10.3 Å². The Kier molecular flexibility index (Phi) is 2.92. The first-order valence-corrected chi connectivity index (χ1v) is 5.03. The van der Waals surface area contributed by atoms with E-state index < -0.39 is 5.91 Å². The number of nitrogens with two attached hydrogens (primary N) is 1. The van der Waals surface area contributed by atoms with Crippen molar-refractivity contribution in [2.75, 3.05) is 0 Å². The van der Waals surface area contributed by atoms with E-state index in [-0.39, 0.29) is 5.69 Å². The minimum Gasteiger partial charge on any atom is -0.364 e. The molecule has 0 spiro atoms. The quantitative estimate of drug-likeness (QED) is 0.886. The van der Waals surface area contributed by atoms with Crippen molar-refractivity contribution in [3.8, 4) is 0 Å². The number of benzene rings is 1. The molecule has 0 radical (unpaired) electrons. The molecule has 0 aliphatic heterocycles. The number of nitrogens with zero attached hydrogens (tertiary/aromatic N) is 1. The first-order chi connectivity index (χ1) is 7.65. The molecule has 0 atom stereocenters. The molecule has 0 bridgehead atoms. The number of hydrogen-bond acceptors (Lipinski definition) is 3. The first-order valence-electron chi connectivity index (χ1n) is 4.65. The van der Waals surface area contributed by atoms with Crippen molar-refractivity contribution in [1.82, 2.24) is 5.16 Å². The van der Waals surface area contributed by atoms with Crippen molar-refractivity contribution in [3.05, 3.63) is 52.4 Å². The number of carbonyl (C=O) groups is 1. The molecule has 0 saturated carbocycles. The van der Waals surface area contributed by atoms with Crippen LogP contribution < -0.4 is 5.73 Å². The molecular formula is C11H9ClN2O2. The lowest BCUT2D eigenvalue weighted by Crippen LogP contribution is -2.10. The van der Waals surface area contributed by atoms with Gasteiger partial charge in [-0.3, -0.25) is 4.79 Å². The zero-order chi connectivity index (χ0) is 11.5. The minimum absolute atomic E-state index is 0.143. The molecule has 2 N–H and O–H groups in total. The van der Waals surface area contributed by atoms with Crippen LogP contribution >= 0.6 is 11.6 Å². The maximum atomic E-state index is 10.8. The van der Waals surface area contributed by atoms with Gasteiger partial charge in [0, 0.05) is 17.5 Å². The van der Waals surface area contributed by atoms with Crippen LogP contribution in [-0.2, 0) is 6.42 Å². The maximum Gasteiger partial charge on any atom is 0.270 e. The van der Waals surface area contributed by atoms with Crippen LogP contribution in [0.4, 0.5) is 0 Å². The van der Waals surface area contributed by atoms with Crippen molar-refractivity contribution < 1.29 is 9.32 Å². The summed E-state index contributed by atoms with van der Waals surface area (Å²) in [6.07, 6.45) is 0.553. The van der Waals surface area contributed by atoms with Crippen LogP contribution in [0, 0.1) is 0 Å². The fourth-order valence-corrected chi connectivity index (χ4v) is 1.44. The number of hydrogen-bond donors (Lipinski definition) is 1. The third-order valence-electron chi connectivity index (χ3n) is 2.10. The molecule has 0 aliphatic rings. The van der Waals surface area contributed by atoms with Crippen molar-refractivity contribution >= 4 is 17.5 Å². The zero-order valence-corrected chi connectivity index (χ0v) is 9.07. The van der Waals surface area contributed by atoms with Crippen molar-refractivity contribution in [2.24, 2.45) is 5.73 Å². The summed E-state index contributed by atoms with van der Waals surface area (Å²) >= 11 is 5.76. The number of halogens is 1.